The summed E-state index contributed by atoms with van der Waals surface area (Å²) < 4.78 is 5.53. The zero-order chi connectivity index (χ0) is 14.3. The van der Waals surface area contributed by atoms with Crippen LogP contribution in [-0.2, 0) is 9.53 Å². The van der Waals surface area contributed by atoms with Gasteiger partial charge in [-0.3, -0.25) is 4.79 Å². The summed E-state index contributed by atoms with van der Waals surface area (Å²) in [5.74, 6) is 0.347. The van der Waals surface area contributed by atoms with Crippen molar-refractivity contribution in [3.8, 4) is 0 Å². The summed E-state index contributed by atoms with van der Waals surface area (Å²) >= 11 is 1.97. The first-order valence-electron chi connectivity index (χ1n) is 7.21. The molecule has 0 aliphatic carbocycles. The fourth-order valence-electron chi connectivity index (χ4n) is 2.41. The Labute approximate surface area is 120 Å². The average molecular weight is 289 g/mol. The number of hydrogen-bond donors (Lipinski definition) is 2. The number of nitrogens with one attached hydrogen (secondary N) is 1. The van der Waals surface area contributed by atoms with Crippen LogP contribution in [0.5, 0.6) is 0 Å². The Balaban J connectivity index is 2.16. The van der Waals surface area contributed by atoms with E-state index in [4.69, 9.17) is 4.74 Å². The third-order valence-electron chi connectivity index (χ3n) is 3.75. The van der Waals surface area contributed by atoms with Crippen LogP contribution in [0.25, 0.3) is 0 Å². The number of unbranched alkanes of at least 4 members (excludes halogenated alkanes) is 1. The van der Waals surface area contributed by atoms with Crippen molar-refractivity contribution in [3.63, 3.8) is 0 Å². The van der Waals surface area contributed by atoms with Crippen LogP contribution in [0.4, 0.5) is 0 Å². The molecule has 112 valence electrons. The number of hydrogen-bond acceptors (Lipinski definition) is 4. The number of carboxylic acid groups (broad SMARTS) is 1. The van der Waals surface area contributed by atoms with E-state index in [2.05, 4.69) is 12.2 Å². The van der Waals surface area contributed by atoms with Crippen molar-refractivity contribution in [3.05, 3.63) is 0 Å². The Morgan fingerprint density at radius 1 is 1.53 bits per heavy atom. The van der Waals surface area contributed by atoms with Crippen molar-refractivity contribution in [2.24, 2.45) is 0 Å². The Hall–Kier alpha value is -0.260. The predicted molar refractivity (Wildman–Crippen MR) is 79.8 cm³/mol. The Kier molecular flexibility index (Phi) is 7.18. The SMILES string of the molecule is CCNC(C)(CCCCSC1CCOC1C)C(=O)O. The van der Waals surface area contributed by atoms with Gasteiger partial charge in [-0.1, -0.05) is 13.3 Å². The Bertz CT molecular complexity index is 288. The molecule has 0 radical (unpaired) electrons. The number of aliphatic carboxylic acids is 1. The van der Waals surface area contributed by atoms with Crippen LogP contribution in [-0.4, -0.2) is 46.9 Å². The van der Waals surface area contributed by atoms with Gasteiger partial charge in [0.05, 0.1) is 6.10 Å². The molecule has 0 aromatic rings. The van der Waals surface area contributed by atoms with E-state index in [9.17, 15) is 9.90 Å². The summed E-state index contributed by atoms with van der Waals surface area (Å²) in [6, 6.07) is 0. The Morgan fingerprint density at radius 2 is 2.26 bits per heavy atom. The largest absolute Gasteiger partial charge is 0.480 e. The first-order valence-corrected chi connectivity index (χ1v) is 8.26. The monoisotopic (exact) mass is 289 g/mol. The maximum atomic E-state index is 11.2. The second-order valence-electron chi connectivity index (χ2n) is 5.40. The van der Waals surface area contributed by atoms with Gasteiger partial charge < -0.3 is 15.2 Å². The molecule has 0 amide bonds. The van der Waals surface area contributed by atoms with Gasteiger partial charge in [-0.25, -0.2) is 0 Å². The first kappa shape index (κ1) is 16.8. The highest BCUT2D eigenvalue weighted by molar-refractivity contribution is 7.99. The quantitative estimate of drug-likeness (QED) is 0.639. The number of ether oxygens (including phenoxy) is 1. The minimum absolute atomic E-state index is 0.371. The van der Waals surface area contributed by atoms with Gasteiger partial charge in [0, 0.05) is 11.9 Å². The molecule has 1 saturated heterocycles. The molecule has 0 spiro atoms. The summed E-state index contributed by atoms with van der Waals surface area (Å²) in [4.78, 5) is 11.2. The van der Waals surface area contributed by atoms with Crippen molar-refractivity contribution in [2.75, 3.05) is 18.9 Å². The fourth-order valence-corrected chi connectivity index (χ4v) is 3.69. The molecule has 1 aliphatic heterocycles. The molecular weight excluding hydrogens is 262 g/mol. The van der Waals surface area contributed by atoms with E-state index >= 15 is 0 Å². The van der Waals surface area contributed by atoms with Crippen LogP contribution in [0.1, 0.15) is 46.5 Å². The van der Waals surface area contributed by atoms with E-state index in [1.807, 2.05) is 18.7 Å². The molecule has 5 heteroatoms. The summed E-state index contributed by atoms with van der Waals surface area (Å²) in [5.41, 5.74) is -0.775. The standard InChI is InChI=1S/C14H27NO3S/c1-4-15-14(3,13(16)17)8-5-6-10-19-12-7-9-18-11(12)2/h11-12,15H,4-10H2,1-3H3,(H,16,17). The van der Waals surface area contributed by atoms with Crippen LogP contribution < -0.4 is 5.32 Å². The molecule has 1 fully saturated rings. The molecule has 1 aliphatic rings. The summed E-state index contributed by atoms with van der Waals surface area (Å²) in [6.07, 6.45) is 4.23. The molecule has 3 atom stereocenters. The molecule has 0 aromatic heterocycles. The van der Waals surface area contributed by atoms with Gasteiger partial charge >= 0.3 is 5.97 Å². The van der Waals surface area contributed by atoms with Gasteiger partial charge in [-0.05, 0) is 45.4 Å². The van der Waals surface area contributed by atoms with E-state index in [0.717, 1.165) is 31.6 Å². The van der Waals surface area contributed by atoms with Crippen molar-refractivity contribution in [2.45, 2.75) is 63.3 Å². The second kappa shape index (κ2) is 8.12. The fraction of sp³-hybridized carbons (Fsp3) is 0.929. The van der Waals surface area contributed by atoms with E-state index < -0.39 is 11.5 Å². The zero-order valence-electron chi connectivity index (χ0n) is 12.3. The van der Waals surface area contributed by atoms with Gasteiger partial charge in [0.1, 0.15) is 5.54 Å². The van der Waals surface area contributed by atoms with Gasteiger partial charge in [0.15, 0.2) is 0 Å². The van der Waals surface area contributed by atoms with Crippen molar-refractivity contribution in [1.29, 1.82) is 0 Å². The number of thioether (sulfide) groups is 1. The highest BCUT2D eigenvalue weighted by Gasteiger charge is 2.31. The highest BCUT2D eigenvalue weighted by atomic mass is 32.2. The molecule has 2 N–H and O–H groups in total. The molecule has 1 heterocycles. The molecular formula is C14H27NO3S. The van der Waals surface area contributed by atoms with Crippen molar-refractivity contribution < 1.29 is 14.6 Å². The van der Waals surface area contributed by atoms with E-state index in [1.165, 1.54) is 0 Å². The number of carbonyl (C=O) groups is 1. The zero-order valence-corrected chi connectivity index (χ0v) is 13.1. The normalized spacial score (nSPS) is 26.3. The van der Waals surface area contributed by atoms with Crippen LogP contribution in [0.3, 0.4) is 0 Å². The van der Waals surface area contributed by atoms with Crippen LogP contribution in [0.2, 0.25) is 0 Å². The third-order valence-corrected chi connectivity index (χ3v) is 5.32. The lowest BCUT2D eigenvalue weighted by molar-refractivity contribution is -0.144. The van der Waals surface area contributed by atoms with Crippen LogP contribution in [0.15, 0.2) is 0 Å². The van der Waals surface area contributed by atoms with Crippen LogP contribution in [0, 0.1) is 0 Å². The maximum Gasteiger partial charge on any atom is 0.323 e. The predicted octanol–water partition coefficient (Wildman–Crippen LogP) is 2.52. The first-order chi connectivity index (χ1) is 8.99. The number of likely N-dealkylation sites (N-methyl/N-ethyl adjacent to an activating group) is 1. The lowest BCUT2D eigenvalue weighted by Crippen LogP contribution is -2.49. The smallest absolute Gasteiger partial charge is 0.323 e. The molecule has 19 heavy (non-hydrogen) atoms. The third kappa shape index (κ3) is 5.32. The van der Waals surface area contributed by atoms with Crippen molar-refractivity contribution in [1.82, 2.24) is 5.32 Å². The molecule has 1 rings (SSSR count). The van der Waals surface area contributed by atoms with E-state index in [1.54, 1.807) is 6.92 Å². The molecule has 0 saturated carbocycles. The molecule has 4 nitrogen and oxygen atoms in total. The van der Waals surface area contributed by atoms with Gasteiger partial charge in [0.2, 0.25) is 0 Å². The van der Waals surface area contributed by atoms with E-state index in [-0.39, 0.29) is 0 Å². The average Bonchev–Trinajstić information content (AvgIpc) is 2.75. The highest BCUT2D eigenvalue weighted by Crippen LogP contribution is 2.27. The van der Waals surface area contributed by atoms with Gasteiger partial charge in [-0.15, -0.1) is 0 Å². The summed E-state index contributed by atoms with van der Waals surface area (Å²) in [7, 11) is 0. The lowest BCUT2D eigenvalue weighted by atomic mass is 9.95. The molecule has 0 bridgehead atoms. The topological polar surface area (TPSA) is 58.6 Å². The summed E-state index contributed by atoms with van der Waals surface area (Å²) in [5, 5.41) is 12.9. The minimum Gasteiger partial charge on any atom is -0.480 e. The maximum absolute atomic E-state index is 11.2. The minimum atomic E-state index is -0.775. The Morgan fingerprint density at radius 3 is 2.79 bits per heavy atom. The summed E-state index contributed by atoms with van der Waals surface area (Å²) in [6.45, 7) is 7.43. The molecule has 3 unspecified atom stereocenters. The van der Waals surface area contributed by atoms with E-state index in [0.29, 0.717) is 24.3 Å². The van der Waals surface area contributed by atoms with Gasteiger partial charge in [0.25, 0.3) is 0 Å². The number of rotatable bonds is 9. The van der Waals surface area contributed by atoms with Gasteiger partial charge in [-0.2, -0.15) is 11.8 Å². The molecule has 0 aromatic carbocycles. The number of carboxylic acids is 1. The lowest BCUT2D eigenvalue weighted by Gasteiger charge is -2.25. The van der Waals surface area contributed by atoms with Crippen LogP contribution >= 0.6 is 11.8 Å². The second-order valence-corrected chi connectivity index (χ2v) is 6.75. The van der Waals surface area contributed by atoms with Crippen molar-refractivity contribution >= 4 is 17.7 Å².